The average Bonchev–Trinajstić information content (AvgIpc) is 3.29. The first-order valence-corrected chi connectivity index (χ1v) is 10.4. The van der Waals surface area contributed by atoms with Gasteiger partial charge in [0.25, 0.3) is 5.91 Å². The monoisotopic (exact) mass is 400 g/mol. The highest BCUT2D eigenvalue weighted by atomic mass is 32.2. The Morgan fingerprint density at radius 1 is 1.15 bits per heavy atom. The summed E-state index contributed by atoms with van der Waals surface area (Å²) in [6, 6.07) is 11.4. The highest BCUT2D eigenvalue weighted by molar-refractivity contribution is 7.90. The minimum Gasteiger partial charge on any atom is -0.298 e. The highest BCUT2D eigenvalue weighted by Gasteiger charge is 2.13. The standard InChI is InChI=1S/C16H12N6O3S2/c1-27(24,25)12-6-7-13-14(8-12)26-16(18-13)19-15(23)10-2-4-11(5-3-10)22-9-17-20-21-22/h2-9H,1H3,(H,18,19,23). The van der Waals surface area contributed by atoms with Gasteiger partial charge in [-0.25, -0.2) is 18.1 Å². The van der Waals surface area contributed by atoms with Crippen LogP contribution >= 0.6 is 11.3 Å². The maximum absolute atomic E-state index is 12.4. The quantitative estimate of drug-likeness (QED) is 0.556. The van der Waals surface area contributed by atoms with Crippen LogP contribution in [-0.2, 0) is 9.84 Å². The third-order valence-electron chi connectivity index (χ3n) is 3.75. The van der Waals surface area contributed by atoms with Crippen molar-refractivity contribution in [3.8, 4) is 5.69 Å². The van der Waals surface area contributed by atoms with Crippen molar-refractivity contribution < 1.29 is 13.2 Å². The van der Waals surface area contributed by atoms with Gasteiger partial charge in [0.15, 0.2) is 15.0 Å². The van der Waals surface area contributed by atoms with Crippen molar-refractivity contribution in [2.75, 3.05) is 11.6 Å². The lowest BCUT2D eigenvalue weighted by Gasteiger charge is -2.03. The Morgan fingerprint density at radius 2 is 1.93 bits per heavy atom. The summed E-state index contributed by atoms with van der Waals surface area (Å²) in [7, 11) is -3.30. The number of hydrogen-bond donors (Lipinski definition) is 1. The van der Waals surface area contributed by atoms with Crippen molar-refractivity contribution in [1.29, 1.82) is 0 Å². The number of thiazole rings is 1. The molecule has 1 amide bonds. The van der Waals surface area contributed by atoms with Gasteiger partial charge < -0.3 is 0 Å². The SMILES string of the molecule is CS(=O)(=O)c1ccc2nc(NC(=O)c3ccc(-n4cnnn4)cc3)sc2c1. The fourth-order valence-electron chi connectivity index (χ4n) is 2.40. The van der Waals surface area contributed by atoms with Crippen LogP contribution in [-0.4, -0.2) is 45.8 Å². The summed E-state index contributed by atoms with van der Waals surface area (Å²) in [5, 5.41) is 14.0. The summed E-state index contributed by atoms with van der Waals surface area (Å²) in [5.41, 5.74) is 1.80. The first-order valence-electron chi connectivity index (χ1n) is 7.65. The van der Waals surface area contributed by atoms with Gasteiger partial charge in [-0.2, -0.15) is 0 Å². The van der Waals surface area contributed by atoms with Gasteiger partial charge in [0.1, 0.15) is 6.33 Å². The lowest BCUT2D eigenvalue weighted by Crippen LogP contribution is -2.11. The number of anilines is 1. The molecule has 4 aromatic rings. The number of amides is 1. The van der Waals surface area contributed by atoms with Gasteiger partial charge >= 0.3 is 0 Å². The normalized spacial score (nSPS) is 11.6. The summed E-state index contributed by atoms with van der Waals surface area (Å²) >= 11 is 1.21. The molecule has 1 N–H and O–H groups in total. The van der Waals surface area contributed by atoms with Gasteiger partial charge in [0.2, 0.25) is 0 Å². The van der Waals surface area contributed by atoms with Gasteiger partial charge in [-0.05, 0) is 52.9 Å². The predicted octanol–water partition coefficient (Wildman–Crippen LogP) is 1.93. The van der Waals surface area contributed by atoms with Gasteiger partial charge in [-0.1, -0.05) is 11.3 Å². The molecule has 0 unspecified atom stereocenters. The molecule has 0 atom stereocenters. The molecule has 4 rings (SSSR count). The van der Waals surface area contributed by atoms with E-state index in [0.29, 0.717) is 20.9 Å². The summed E-state index contributed by atoms with van der Waals surface area (Å²) in [6.07, 6.45) is 2.61. The molecule has 0 radical (unpaired) electrons. The van der Waals surface area contributed by atoms with Crippen LogP contribution in [0.15, 0.2) is 53.7 Å². The number of carbonyl (C=O) groups is 1. The molecule has 11 heteroatoms. The van der Waals surface area contributed by atoms with Crippen LogP contribution < -0.4 is 5.32 Å². The van der Waals surface area contributed by atoms with E-state index < -0.39 is 9.84 Å². The molecule has 0 fully saturated rings. The second-order valence-electron chi connectivity index (χ2n) is 5.68. The van der Waals surface area contributed by atoms with E-state index in [4.69, 9.17) is 0 Å². The molecule has 0 aliphatic rings. The maximum atomic E-state index is 12.4. The van der Waals surface area contributed by atoms with Crippen LogP contribution in [0.5, 0.6) is 0 Å². The molecule has 136 valence electrons. The van der Waals surface area contributed by atoms with Gasteiger partial charge in [0, 0.05) is 11.8 Å². The predicted molar refractivity (Wildman–Crippen MR) is 99.8 cm³/mol. The van der Waals surface area contributed by atoms with Crippen LogP contribution in [0.4, 0.5) is 5.13 Å². The molecule has 0 spiro atoms. The summed E-state index contributed by atoms with van der Waals surface area (Å²) in [6.45, 7) is 0. The van der Waals surface area contributed by atoms with Crippen LogP contribution in [0.2, 0.25) is 0 Å². The van der Waals surface area contributed by atoms with Crippen molar-refractivity contribution in [1.82, 2.24) is 25.2 Å². The largest absolute Gasteiger partial charge is 0.298 e. The van der Waals surface area contributed by atoms with E-state index in [1.807, 2.05) is 0 Å². The number of nitrogens with one attached hydrogen (secondary N) is 1. The number of sulfone groups is 1. The zero-order valence-corrected chi connectivity index (χ0v) is 15.5. The van der Waals surface area contributed by atoms with Crippen molar-refractivity contribution >= 4 is 42.4 Å². The van der Waals surface area contributed by atoms with Gasteiger partial charge in [0.05, 0.1) is 20.8 Å². The second kappa shape index (κ2) is 6.52. The molecule has 0 aliphatic heterocycles. The lowest BCUT2D eigenvalue weighted by molar-refractivity contribution is 0.102. The number of nitrogens with zero attached hydrogens (tertiary/aromatic N) is 5. The Hall–Kier alpha value is -3.18. The molecule has 27 heavy (non-hydrogen) atoms. The number of tetrazole rings is 1. The Labute approximate surface area is 157 Å². The first kappa shape index (κ1) is 17.2. The van der Waals surface area contributed by atoms with E-state index in [1.165, 1.54) is 28.4 Å². The summed E-state index contributed by atoms with van der Waals surface area (Å²) in [4.78, 5) is 17.0. The Kier molecular flexibility index (Phi) is 4.16. The van der Waals surface area contributed by atoms with E-state index in [9.17, 15) is 13.2 Å². The molecule has 0 bridgehead atoms. The third kappa shape index (κ3) is 3.55. The number of carbonyl (C=O) groups excluding carboxylic acids is 1. The summed E-state index contributed by atoms with van der Waals surface area (Å²) < 4.78 is 25.5. The Bertz CT molecular complexity index is 1230. The number of fused-ring (bicyclic) bond motifs is 1. The van der Waals surface area contributed by atoms with Crippen LogP contribution in [0.1, 0.15) is 10.4 Å². The van der Waals surface area contributed by atoms with Crippen LogP contribution in [0.3, 0.4) is 0 Å². The molecule has 0 saturated heterocycles. The van der Waals surface area contributed by atoms with Crippen molar-refractivity contribution in [2.24, 2.45) is 0 Å². The fourth-order valence-corrected chi connectivity index (χ4v) is 4.03. The number of aromatic nitrogens is 5. The topological polar surface area (TPSA) is 120 Å². The zero-order valence-electron chi connectivity index (χ0n) is 13.9. The van der Waals surface area contributed by atoms with Crippen LogP contribution in [0, 0.1) is 0 Å². The molecule has 0 saturated carbocycles. The van der Waals surface area contributed by atoms with Crippen LogP contribution in [0.25, 0.3) is 15.9 Å². The molecule has 2 aromatic heterocycles. The average molecular weight is 400 g/mol. The maximum Gasteiger partial charge on any atom is 0.257 e. The molecular weight excluding hydrogens is 388 g/mol. The van der Waals surface area contributed by atoms with E-state index in [0.717, 1.165) is 11.9 Å². The van der Waals surface area contributed by atoms with Crippen molar-refractivity contribution in [3.05, 3.63) is 54.4 Å². The lowest BCUT2D eigenvalue weighted by atomic mass is 10.2. The number of hydrogen-bond acceptors (Lipinski definition) is 8. The molecule has 2 heterocycles. The van der Waals surface area contributed by atoms with E-state index in [-0.39, 0.29) is 10.8 Å². The first-order chi connectivity index (χ1) is 12.9. The Balaban J connectivity index is 1.55. The smallest absolute Gasteiger partial charge is 0.257 e. The fraction of sp³-hybridized carbons (Fsp3) is 0.0625. The molecular formula is C16H12N6O3S2. The molecule has 2 aromatic carbocycles. The molecule has 9 nitrogen and oxygen atoms in total. The highest BCUT2D eigenvalue weighted by Crippen LogP contribution is 2.28. The van der Waals surface area contributed by atoms with Crippen molar-refractivity contribution in [3.63, 3.8) is 0 Å². The zero-order chi connectivity index (χ0) is 19.0. The molecule has 0 aliphatic carbocycles. The minimum atomic E-state index is -3.30. The van der Waals surface area contributed by atoms with E-state index >= 15 is 0 Å². The summed E-state index contributed by atoms with van der Waals surface area (Å²) in [5.74, 6) is -0.319. The van der Waals surface area contributed by atoms with E-state index in [1.54, 1.807) is 36.4 Å². The third-order valence-corrected chi connectivity index (χ3v) is 5.80. The van der Waals surface area contributed by atoms with Crippen molar-refractivity contribution in [2.45, 2.75) is 4.90 Å². The van der Waals surface area contributed by atoms with Gasteiger partial charge in [-0.15, -0.1) is 5.10 Å². The van der Waals surface area contributed by atoms with E-state index in [2.05, 4.69) is 25.8 Å². The number of rotatable bonds is 4. The second-order valence-corrected chi connectivity index (χ2v) is 8.72. The van der Waals surface area contributed by atoms with Gasteiger partial charge in [-0.3, -0.25) is 10.1 Å². The minimum absolute atomic E-state index is 0.217. The number of benzene rings is 2. The Morgan fingerprint density at radius 3 is 2.59 bits per heavy atom.